The maximum Gasteiger partial charge on any atom is 0.250 e. The van der Waals surface area contributed by atoms with E-state index in [0.29, 0.717) is 5.57 Å². The van der Waals surface area contributed by atoms with Crippen LogP contribution in [0.4, 0.5) is 0 Å². The lowest BCUT2D eigenvalue weighted by Crippen LogP contribution is -2.22. The van der Waals surface area contributed by atoms with Crippen LogP contribution in [0, 0.1) is 0 Å². The number of hydrogen-bond donors (Lipinski definition) is 1. The largest absolute Gasteiger partial charge is 0.322 e. The normalized spacial score (nSPS) is 8.81. The summed E-state index contributed by atoms with van der Waals surface area (Å²) >= 11 is 0. The standard InChI is InChI=1S/C12H17NO.C2H6/c1-6-7-8-11(9(2)3)13-12(14)10(4)5;1-2/h6-8H,1,4H2,2-3,5H3,(H,13,14);1-2H3/b8-7-;. The van der Waals surface area contributed by atoms with Gasteiger partial charge >= 0.3 is 0 Å². The molecule has 1 amide bonds. The van der Waals surface area contributed by atoms with Gasteiger partial charge in [-0.25, -0.2) is 0 Å². The molecule has 90 valence electrons. The Bertz CT molecular complexity index is 305. The van der Waals surface area contributed by atoms with E-state index in [9.17, 15) is 4.79 Å². The number of amides is 1. The average molecular weight is 221 g/mol. The molecule has 2 heteroatoms. The molecule has 0 aromatic carbocycles. The van der Waals surface area contributed by atoms with Crippen LogP contribution in [0.25, 0.3) is 0 Å². The van der Waals surface area contributed by atoms with E-state index in [4.69, 9.17) is 0 Å². The first-order valence-electron chi connectivity index (χ1n) is 5.42. The highest BCUT2D eigenvalue weighted by Gasteiger charge is 2.03. The fraction of sp³-hybridized carbons (Fsp3) is 0.357. The molecule has 0 aliphatic rings. The zero-order chi connectivity index (χ0) is 13.1. The molecule has 0 aliphatic carbocycles. The first-order chi connectivity index (χ1) is 7.49. The molecule has 0 atom stereocenters. The molecule has 0 rings (SSSR count). The summed E-state index contributed by atoms with van der Waals surface area (Å²) < 4.78 is 0. The molecule has 0 aromatic rings. The van der Waals surface area contributed by atoms with Crippen molar-refractivity contribution >= 4 is 5.91 Å². The molecule has 0 heterocycles. The predicted octanol–water partition coefficient (Wildman–Crippen LogP) is 3.74. The number of rotatable bonds is 4. The van der Waals surface area contributed by atoms with Gasteiger partial charge in [0, 0.05) is 11.3 Å². The summed E-state index contributed by atoms with van der Waals surface area (Å²) in [5, 5.41) is 2.76. The molecular formula is C14H23NO. The highest BCUT2D eigenvalue weighted by atomic mass is 16.1. The van der Waals surface area contributed by atoms with Gasteiger partial charge in [-0.2, -0.15) is 0 Å². The molecule has 0 spiro atoms. The van der Waals surface area contributed by atoms with E-state index in [1.807, 2.05) is 33.8 Å². The van der Waals surface area contributed by atoms with Crippen molar-refractivity contribution in [3.8, 4) is 0 Å². The third-order valence-corrected chi connectivity index (χ3v) is 1.57. The summed E-state index contributed by atoms with van der Waals surface area (Å²) in [4.78, 5) is 11.3. The topological polar surface area (TPSA) is 29.1 Å². The van der Waals surface area contributed by atoms with E-state index < -0.39 is 0 Å². The fourth-order valence-electron chi connectivity index (χ4n) is 0.727. The Morgan fingerprint density at radius 2 is 1.69 bits per heavy atom. The minimum absolute atomic E-state index is 0.157. The Hall–Kier alpha value is -1.57. The second-order valence-corrected chi connectivity index (χ2v) is 3.24. The smallest absolute Gasteiger partial charge is 0.250 e. The van der Waals surface area contributed by atoms with Crippen LogP contribution < -0.4 is 5.32 Å². The first kappa shape index (κ1) is 16.8. The van der Waals surface area contributed by atoms with Crippen molar-refractivity contribution < 1.29 is 4.79 Å². The van der Waals surface area contributed by atoms with Crippen LogP contribution in [0.5, 0.6) is 0 Å². The van der Waals surface area contributed by atoms with Crippen LogP contribution >= 0.6 is 0 Å². The first-order valence-corrected chi connectivity index (χ1v) is 5.42. The van der Waals surface area contributed by atoms with Gasteiger partial charge in [-0.1, -0.05) is 44.7 Å². The second kappa shape index (κ2) is 9.97. The summed E-state index contributed by atoms with van der Waals surface area (Å²) in [5.41, 5.74) is 2.33. The third-order valence-electron chi connectivity index (χ3n) is 1.57. The molecule has 0 bridgehead atoms. The number of carbonyl (C=O) groups is 1. The lowest BCUT2D eigenvalue weighted by Gasteiger charge is -2.07. The van der Waals surface area contributed by atoms with E-state index in [0.717, 1.165) is 11.3 Å². The molecule has 0 aromatic heterocycles. The zero-order valence-electron chi connectivity index (χ0n) is 11.1. The maximum absolute atomic E-state index is 11.3. The molecule has 0 unspecified atom stereocenters. The zero-order valence-corrected chi connectivity index (χ0v) is 11.1. The van der Waals surface area contributed by atoms with Crippen LogP contribution in [0.2, 0.25) is 0 Å². The molecule has 0 radical (unpaired) electrons. The van der Waals surface area contributed by atoms with Crippen LogP contribution in [-0.2, 0) is 4.79 Å². The number of carbonyl (C=O) groups excluding carboxylic acids is 1. The van der Waals surface area contributed by atoms with Gasteiger partial charge in [0.2, 0.25) is 0 Å². The Morgan fingerprint density at radius 1 is 1.19 bits per heavy atom. The van der Waals surface area contributed by atoms with Gasteiger partial charge in [-0.3, -0.25) is 4.79 Å². The number of nitrogens with one attached hydrogen (secondary N) is 1. The predicted molar refractivity (Wildman–Crippen MR) is 72.0 cm³/mol. The molecule has 0 fully saturated rings. The Morgan fingerprint density at radius 3 is 2.00 bits per heavy atom. The molecule has 0 saturated heterocycles. The SMILES string of the molecule is C=C/C=C\C(NC(=O)C(=C)C)=C(C)C.CC. The van der Waals surface area contributed by atoms with Gasteiger partial charge in [-0.15, -0.1) is 0 Å². The molecule has 0 saturated carbocycles. The molecule has 0 aliphatic heterocycles. The van der Waals surface area contributed by atoms with Gasteiger partial charge in [0.15, 0.2) is 0 Å². The van der Waals surface area contributed by atoms with Crippen LogP contribution in [0.1, 0.15) is 34.6 Å². The van der Waals surface area contributed by atoms with Crippen LogP contribution in [0.15, 0.2) is 48.2 Å². The van der Waals surface area contributed by atoms with Crippen molar-refractivity contribution in [1.29, 1.82) is 0 Å². The van der Waals surface area contributed by atoms with E-state index in [-0.39, 0.29) is 5.91 Å². The average Bonchev–Trinajstić information content (AvgIpc) is 2.26. The Kier molecular flexibility index (Phi) is 10.5. The Labute approximate surface area is 99.4 Å². The minimum Gasteiger partial charge on any atom is -0.322 e. The summed E-state index contributed by atoms with van der Waals surface area (Å²) in [6, 6.07) is 0. The van der Waals surface area contributed by atoms with Gasteiger partial charge < -0.3 is 5.32 Å². The lowest BCUT2D eigenvalue weighted by atomic mass is 10.2. The van der Waals surface area contributed by atoms with Crippen molar-refractivity contribution in [3.05, 3.63) is 48.2 Å². The van der Waals surface area contributed by atoms with Gasteiger partial charge in [0.05, 0.1) is 0 Å². The highest BCUT2D eigenvalue weighted by molar-refractivity contribution is 5.93. The van der Waals surface area contributed by atoms with E-state index in [2.05, 4.69) is 18.5 Å². The van der Waals surface area contributed by atoms with Crippen molar-refractivity contribution in [3.63, 3.8) is 0 Å². The van der Waals surface area contributed by atoms with Crippen molar-refractivity contribution in [2.45, 2.75) is 34.6 Å². The quantitative estimate of drug-likeness (QED) is 0.568. The molecule has 16 heavy (non-hydrogen) atoms. The highest BCUT2D eigenvalue weighted by Crippen LogP contribution is 2.02. The summed E-state index contributed by atoms with van der Waals surface area (Å²) in [5.74, 6) is -0.157. The maximum atomic E-state index is 11.3. The molecule has 1 N–H and O–H groups in total. The summed E-state index contributed by atoms with van der Waals surface area (Å²) in [7, 11) is 0. The van der Waals surface area contributed by atoms with Crippen molar-refractivity contribution in [1.82, 2.24) is 5.32 Å². The number of allylic oxidation sites excluding steroid dienone is 4. The second-order valence-electron chi connectivity index (χ2n) is 3.24. The van der Waals surface area contributed by atoms with E-state index in [1.165, 1.54) is 0 Å². The summed E-state index contributed by atoms with van der Waals surface area (Å²) in [6.45, 7) is 16.7. The monoisotopic (exact) mass is 221 g/mol. The van der Waals surface area contributed by atoms with E-state index in [1.54, 1.807) is 19.1 Å². The van der Waals surface area contributed by atoms with Gasteiger partial charge in [0.25, 0.3) is 5.91 Å². The Balaban J connectivity index is 0. The van der Waals surface area contributed by atoms with Gasteiger partial charge in [-0.05, 0) is 26.8 Å². The van der Waals surface area contributed by atoms with Crippen LogP contribution in [-0.4, -0.2) is 5.91 Å². The molecule has 2 nitrogen and oxygen atoms in total. The lowest BCUT2D eigenvalue weighted by molar-refractivity contribution is -0.116. The third kappa shape index (κ3) is 7.80. The summed E-state index contributed by atoms with van der Waals surface area (Å²) in [6.07, 6.45) is 5.25. The minimum atomic E-state index is -0.157. The van der Waals surface area contributed by atoms with Crippen LogP contribution in [0.3, 0.4) is 0 Å². The molecular weight excluding hydrogens is 198 g/mol. The van der Waals surface area contributed by atoms with E-state index >= 15 is 0 Å². The van der Waals surface area contributed by atoms with Crippen molar-refractivity contribution in [2.75, 3.05) is 0 Å². The number of hydrogen-bond acceptors (Lipinski definition) is 1. The van der Waals surface area contributed by atoms with Crippen molar-refractivity contribution in [2.24, 2.45) is 0 Å². The fourth-order valence-corrected chi connectivity index (χ4v) is 0.727. The van der Waals surface area contributed by atoms with Gasteiger partial charge in [0.1, 0.15) is 0 Å².